The molecule has 0 saturated heterocycles. The zero-order valence-corrected chi connectivity index (χ0v) is 7.96. The van der Waals surface area contributed by atoms with Crippen LogP contribution in [0.5, 0.6) is 0 Å². The van der Waals surface area contributed by atoms with E-state index in [9.17, 15) is 0 Å². The van der Waals surface area contributed by atoms with Gasteiger partial charge in [0.15, 0.2) is 0 Å². The van der Waals surface area contributed by atoms with E-state index in [0.29, 0.717) is 0 Å². The topological polar surface area (TPSA) is 53.1 Å². The Morgan fingerprint density at radius 3 is 2.50 bits per heavy atom. The molecule has 0 saturated carbocycles. The second kappa shape index (κ2) is 2.88. The number of aromatic nitrogens is 2. The molecule has 0 aliphatic heterocycles. The van der Waals surface area contributed by atoms with Gasteiger partial charge in [-0.1, -0.05) is 0 Å². The Morgan fingerprint density at radius 2 is 2.17 bits per heavy atom. The van der Waals surface area contributed by atoms with E-state index < -0.39 is 5.60 Å². The monoisotopic (exact) mass is 169 g/mol. The fourth-order valence-corrected chi connectivity index (χ4v) is 1.15. The number of aryl methyl sites for hydroxylation is 1. The van der Waals surface area contributed by atoms with Crippen LogP contribution < -0.4 is 5.90 Å². The van der Waals surface area contributed by atoms with Crippen molar-refractivity contribution in [2.24, 2.45) is 12.9 Å². The molecule has 0 aliphatic rings. The number of nitrogens with zero attached hydrogens (tertiary/aromatic N) is 2. The van der Waals surface area contributed by atoms with E-state index in [-0.39, 0.29) is 0 Å². The lowest BCUT2D eigenvalue weighted by Crippen LogP contribution is -2.25. The summed E-state index contributed by atoms with van der Waals surface area (Å²) in [4.78, 5) is 4.86. The molecule has 0 fully saturated rings. The molecule has 1 aromatic rings. The summed E-state index contributed by atoms with van der Waals surface area (Å²) in [6.07, 6.45) is 1.78. The average Bonchev–Trinajstić information content (AvgIpc) is 2.33. The van der Waals surface area contributed by atoms with E-state index in [4.69, 9.17) is 10.7 Å². The molecule has 0 bridgehead atoms. The largest absolute Gasteiger partial charge is 0.294 e. The van der Waals surface area contributed by atoms with Crippen LogP contribution in [-0.4, -0.2) is 9.78 Å². The Morgan fingerprint density at radius 1 is 1.58 bits per heavy atom. The molecule has 1 aromatic heterocycles. The summed E-state index contributed by atoms with van der Waals surface area (Å²) >= 11 is 0. The van der Waals surface area contributed by atoms with Crippen LogP contribution >= 0.6 is 0 Å². The maximum Gasteiger partial charge on any atom is 0.112 e. The first kappa shape index (κ1) is 9.22. The van der Waals surface area contributed by atoms with Gasteiger partial charge in [-0.2, -0.15) is 5.10 Å². The van der Waals surface area contributed by atoms with Crippen molar-refractivity contribution in [1.29, 1.82) is 0 Å². The summed E-state index contributed by atoms with van der Waals surface area (Å²) in [6, 6.07) is 0. The zero-order chi connectivity index (χ0) is 9.35. The third-order valence-electron chi connectivity index (χ3n) is 2.18. The zero-order valence-electron chi connectivity index (χ0n) is 7.96. The second-order valence-corrected chi connectivity index (χ2v) is 3.40. The Kier molecular flexibility index (Phi) is 2.21. The first-order valence-electron chi connectivity index (χ1n) is 3.86. The van der Waals surface area contributed by atoms with Crippen molar-refractivity contribution in [3.05, 3.63) is 17.5 Å². The first-order valence-corrected chi connectivity index (χ1v) is 3.86. The first-order chi connectivity index (χ1) is 5.49. The van der Waals surface area contributed by atoms with Crippen LogP contribution in [0.15, 0.2) is 6.20 Å². The molecule has 12 heavy (non-hydrogen) atoms. The van der Waals surface area contributed by atoms with Crippen molar-refractivity contribution in [3.63, 3.8) is 0 Å². The molecule has 0 radical (unpaired) electrons. The molecular formula is C8H15N3O. The fourth-order valence-electron chi connectivity index (χ4n) is 1.15. The van der Waals surface area contributed by atoms with Gasteiger partial charge in [-0.05, 0) is 20.8 Å². The summed E-state index contributed by atoms with van der Waals surface area (Å²) in [5, 5.41) is 4.11. The van der Waals surface area contributed by atoms with E-state index in [1.165, 1.54) is 0 Å². The lowest BCUT2D eigenvalue weighted by Gasteiger charge is -2.21. The predicted molar refractivity (Wildman–Crippen MR) is 46.2 cm³/mol. The van der Waals surface area contributed by atoms with E-state index in [1.807, 2.05) is 27.8 Å². The van der Waals surface area contributed by atoms with Crippen LogP contribution in [0.1, 0.15) is 25.1 Å². The van der Waals surface area contributed by atoms with Crippen molar-refractivity contribution in [2.75, 3.05) is 0 Å². The van der Waals surface area contributed by atoms with Crippen LogP contribution in [0, 0.1) is 6.92 Å². The Hall–Kier alpha value is -0.870. The standard InChI is InChI=1S/C8H15N3O/c1-6-7(5-10-11(6)4)8(2,3)12-9/h5H,9H2,1-4H3. The van der Waals surface area contributed by atoms with E-state index in [0.717, 1.165) is 11.3 Å². The minimum Gasteiger partial charge on any atom is -0.294 e. The van der Waals surface area contributed by atoms with Gasteiger partial charge in [-0.3, -0.25) is 9.52 Å². The summed E-state index contributed by atoms with van der Waals surface area (Å²) in [6.45, 7) is 5.82. The van der Waals surface area contributed by atoms with Crippen molar-refractivity contribution < 1.29 is 4.84 Å². The van der Waals surface area contributed by atoms with Gasteiger partial charge in [-0.15, -0.1) is 0 Å². The van der Waals surface area contributed by atoms with Gasteiger partial charge in [0, 0.05) is 18.3 Å². The van der Waals surface area contributed by atoms with Crippen LogP contribution in [0.2, 0.25) is 0 Å². The molecule has 1 rings (SSSR count). The van der Waals surface area contributed by atoms with Crippen molar-refractivity contribution in [2.45, 2.75) is 26.4 Å². The molecule has 0 unspecified atom stereocenters. The van der Waals surface area contributed by atoms with E-state index in [1.54, 1.807) is 10.9 Å². The molecule has 0 amide bonds. The highest BCUT2D eigenvalue weighted by Crippen LogP contribution is 2.24. The number of hydrogen-bond donors (Lipinski definition) is 1. The van der Waals surface area contributed by atoms with Gasteiger partial charge < -0.3 is 0 Å². The minimum absolute atomic E-state index is 0.460. The number of rotatable bonds is 2. The van der Waals surface area contributed by atoms with Gasteiger partial charge in [0.1, 0.15) is 5.60 Å². The predicted octanol–water partition coefficient (Wildman–Crippen LogP) is 0.854. The third-order valence-corrected chi connectivity index (χ3v) is 2.18. The maximum atomic E-state index is 5.18. The van der Waals surface area contributed by atoms with Gasteiger partial charge in [0.2, 0.25) is 0 Å². The van der Waals surface area contributed by atoms with Crippen LogP contribution in [-0.2, 0) is 17.5 Å². The van der Waals surface area contributed by atoms with Gasteiger partial charge in [0.05, 0.1) is 6.20 Å². The highest BCUT2D eigenvalue weighted by atomic mass is 16.6. The SMILES string of the molecule is Cc1c(C(C)(C)ON)cnn1C. The van der Waals surface area contributed by atoms with Crippen LogP contribution in [0.4, 0.5) is 0 Å². The quantitative estimate of drug-likeness (QED) is 0.668. The van der Waals surface area contributed by atoms with E-state index >= 15 is 0 Å². The molecule has 2 N–H and O–H groups in total. The Labute approximate surface area is 72.3 Å². The maximum absolute atomic E-state index is 5.18. The summed E-state index contributed by atoms with van der Waals surface area (Å²) in [5.74, 6) is 5.18. The Bertz CT molecular complexity index is 278. The molecule has 0 aromatic carbocycles. The number of hydrogen-bond acceptors (Lipinski definition) is 3. The molecule has 4 nitrogen and oxygen atoms in total. The molecule has 4 heteroatoms. The average molecular weight is 169 g/mol. The van der Waals surface area contributed by atoms with Crippen molar-refractivity contribution in [1.82, 2.24) is 9.78 Å². The van der Waals surface area contributed by atoms with Gasteiger partial charge in [0.25, 0.3) is 0 Å². The van der Waals surface area contributed by atoms with Crippen molar-refractivity contribution in [3.8, 4) is 0 Å². The lowest BCUT2D eigenvalue weighted by atomic mass is 9.99. The van der Waals surface area contributed by atoms with Crippen LogP contribution in [0.25, 0.3) is 0 Å². The molecule has 1 heterocycles. The van der Waals surface area contributed by atoms with Gasteiger partial charge >= 0.3 is 0 Å². The molecule has 0 atom stereocenters. The fraction of sp³-hybridized carbons (Fsp3) is 0.625. The molecular weight excluding hydrogens is 154 g/mol. The lowest BCUT2D eigenvalue weighted by molar-refractivity contribution is -0.0241. The highest BCUT2D eigenvalue weighted by Gasteiger charge is 2.24. The summed E-state index contributed by atoms with van der Waals surface area (Å²) in [7, 11) is 1.89. The van der Waals surface area contributed by atoms with Crippen LogP contribution in [0.3, 0.4) is 0 Å². The smallest absolute Gasteiger partial charge is 0.112 e. The van der Waals surface area contributed by atoms with Gasteiger partial charge in [-0.25, -0.2) is 5.90 Å². The summed E-state index contributed by atoms with van der Waals surface area (Å²) in [5.41, 5.74) is 1.64. The molecule has 68 valence electrons. The van der Waals surface area contributed by atoms with E-state index in [2.05, 4.69) is 5.10 Å². The minimum atomic E-state index is -0.460. The molecule has 0 spiro atoms. The highest BCUT2D eigenvalue weighted by molar-refractivity contribution is 5.22. The number of nitrogens with two attached hydrogens (primary N) is 1. The third kappa shape index (κ3) is 1.35. The normalized spacial score (nSPS) is 12.1. The Balaban J connectivity index is 3.11. The van der Waals surface area contributed by atoms with Crippen molar-refractivity contribution >= 4 is 0 Å². The molecule has 0 aliphatic carbocycles. The second-order valence-electron chi connectivity index (χ2n) is 3.40. The summed E-state index contributed by atoms with van der Waals surface area (Å²) < 4.78 is 1.80.